The number of nitrogens with zero attached hydrogens (tertiary/aromatic N) is 5. The zero-order chi connectivity index (χ0) is 28.9. The van der Waals surface area contributed by atoms with Crippen LogP contribution in [-0.4, -0.2) is 64.7 Å². The number of fused-ring (bicyclic) bond motifs is 1. The number of likely N-dealkylation sites (N-methyl/N-ethyl adjacent to an activating group) is 1. The summed E-state index contributed by atoms with van der Waals surface area (Å²) >= 11 is 0. The molecule has 0 spiro atoms. The summed E-state index contributed by atoms with van der Waals surface area (Å²) in [5.74, 6) is 0.0507. The fraction of sp³-hybridized carbons (Fsp3) is 0.375. The molecule has 1 amide bonds. The fourth-order valence-corrected chi connectivity index (χ4v) is 5.61. The van der Waals surface area contributed by atoms with Gasteiger partial charge in [-0.05, 0) is 37.3 Å². The first-order valence-electron chi connectivity index (χ1n) is 14.2. The number of hydrogen-bond donors (Lipinski definition) is 2. The molecule has 1 aromatic carbocycles. The molecule has 41 heavy (non-hydrogen) atoms. The summed E-state index contributed by atoms with van der Waals surface area (Å²) < 4.78 is 1.58. The standard InChI is InChI=1S/C32H39N7O2/c1-22(38-17-9-13-25(33)19-38)28(31(40)37(2)3)29-30(35-18-23-10-5-4-6-11-23)32(41)39(21-36-29)20-27-26-14-8-7-12-24(26)15-16-34-27/h4-8,10-12,14,16,21,24-25,35H,9,13,15,17-20,33H2,1-3H3/b28-22-/t24?,25-/m0/s1. The van der Waals surface area contributed by atoms with E-state index in [0.717, 1.165) is 48.3 Å². The molecule has 1 aromatic heterocycles. The van der Waals surface area contributed by atoms with Crippen molar-refractivity contribution in [1.82, 2.24) is 19.4 Å². The number of hydrogen-bond acceptors (Lipinski definition) is 7. The first-order valence-corrected chi connectivity index (χ1v) is 14.2. The lowest BCUT2D eigenvalue weighted by molar-refractivity contribution is -0.122. The van der Waals surface area contributed by atoms with Gasteiger partial charge in [0, 0.05) is 57.6 Å². The van der Waals surface area contributed by atoms with Crippen LogP contribution < -0.4 is 16.6 Å². The van der Waals surface area contributed by atoms with E-state index in [2.05, 4.69) is 27.4 Å². The second-order valence-electron chi connectivity index (χ2n) is 11.0. The van der Waals surface area contributed by atoms with Crippen LogP contribution in [0.4, 0.5) is 5.69 Å². The molecule has 0 saturated carbocycles. The van der Waals surface area contributed by atoms with Gasteiger partial charge in [0.1, 0.15) is 11.4 Å². The molecule has 2 aromatic rings. The Labute approximate surface area is 241 Å². The molecule has 3 aliphatic rings. The number of nitrogens with two attached hydrogens (primary N) is 1. The van der Waals surface area contributed by atoms with E-state index in [-0.39, 0.29) is 30.0 Å². The minimum Gasteiger partial charge on any atom is -0.375 e. The number of benzene rings is 1. The molecule has 0 bridgehead atoms. The van der Waals surface area contributed by atoms with Crippen LogP contribution in [0.5, 0.6) is 0 Å². The summed E-state index contributed by atoms with van der Waals surface area (Å²) in [6.45, 7) is 4.07. The average Bonchev–Trinajstić information content (AvgIpc) is 2.98. The Morgan fingerprint density at radius 1 is 1.20 bits per heavy atom. The zero-order valence-electron chi connectivity index (χ0n) is 24.1. The minimum absolute atomic E-state index is 0.0316. The first kappa shape index (κ1) is 28.3. The van der Waals surface area contributed by atoms with Gasteiger partial charge in [-0.3, -0.25) is 19.1 Å². The minimum atomic E-state index is -0.251. The predicted octanol–water partition coefficient (Wildman–Crippen LogP) is 3.57. The van der Waals surface area contributed by atoms with Crippen molar-refractivity contribution < 1.29 is 4.79 Å². The summed E-state index contributed by atoms with van der Waals surface area (Å²) in [5, 5.41) is 3.35. The largest absolute Gasteiger partial charge is 0.375 e. The fourth-order valence-electron chi connectivity index (χ4n) is 5.61. The van der Waals surface area contributed by atoms with Crippen molar-refractivity contribution in [3.8, 4) is 0 Å². The van der Waals surface area contributed by atoms with Gasteiger partial charge in [0.15, 0.2) is 0 Å². The van der Waals surface area contributed by atoms with Crippen molar-refractivity contribution in [2.75, 3.05) is 32.5 Å². The molecule has 0 radical (unpaired) electrons. The Kier molecular flexibility index (Phi) is 8.64. The van der Waals surface area contributed by atoms with E-state index in [0.29, 0.717) is 30.0 Å². The van der Waals surface area contributed by atoms with E-state index in [1.165, 1.54) is 4.90 Å². The number of aromatic nitrogens is 2. The first-order chi connectivity index (χ1) is 19.8. The Bertz CT molecular complexity index is 1500. The topological polar surface area (TPSA) is 109 Å². The maximum Gasteiger partial charge on any atom is 0.277 e. The van der Waals surface area contributed by atoms with Crippen LogP contribution in [0.15, 0.2) is 87.7 Å². The van der Waals surface area contributed by atoms with Crippen LogP contribution in [0.1, 0.15) is 37.4 Å². The second kappa shape index (κ2) is 12.5. The molecule has 2 atom stereocenters. The van der Waals surface area contributed by atoms with E-state index in [1.54, 1.807) is 25.0 Å². The third-order valence-corrected chi connectivity index (χ3v) is 7.89. The highest BCUT2D eigenvalue weighted by atomic mass is 16.2. The Balaban J connectivity index is 1.61. The molecule has 1 fully saturated rings. The van der Waals surface area contributed by atoms with Crippen molar-refractivity contribution in [2.45, 2.75) is 45.3 Å². The molecule has 5 rings (SSSR count). The van der Waals surface area contributed by atoms with Crippen LogP contribution in [0.2, 0.25) is 0 Å². The number of aliphatic imine (C=N–C) groups is 1. The van der Waals surface area contributed by atoms with E-state index in [1.807, 2.05) is 55.6 Å². The number of amides is 1. The lowest BCUT2D eigenvalue weighted by atomic mass is 9.89. The van der Waals surface area contributed by atoms with Crippen molar-refractivity contribution >= 4 is 23.4 Å². The number of carbonyl (C=O) groups is 1. The van der Waals surface area contributed by atoms with E-state index >= 15 is 0 Å². The molecular formula is C32H39N7O2. The molecule has 9 heteroatoms. The van der Waals surface area contributed by atoms with Gasteiger partial charge in [0.2, 0.25) is 0 Å². The van der Waals surface area contributed by atoms with Gasteiger partial charge in [-0.15, -0.1) is 0 Å². The van der Waals surface area contributed by atoms with Crippen molar-refractivity contribution in [3.05, 3.63) is 99.5 Å². The number of carbonyl (C=O) groups excluding carboxylic acids is 1. The molecule has 2 aliphatic heterocycles. The van der Waals surface area contributed by atoms with Crippen LogP contribution >= 0.6 is 0 Å². The van der Waals surface area contributed by atoms with Crippen LogP contribution in [0.3, 0.4) is 0 Å². The zero-order valence-corrected chi connectivity index (χ0v) is 24.1. The number of allylic oxidation sites excluding steroid dienone is 7. The molecule has 3 N–H and O–H groups in total. The third kappa shape index (κ3) is 6.25. The molecule has 1 aliphatic carbocycles. The molecule has 3 heterocycles. The molecular weight excluding hydrogens is 514 g/mol. The van der Waals surface area contributed by atoms with Crippen molar-refractivity contribution in [2.24, 2.45) is 16.6 Å². The molecule has 1 unspecified atom stereocenters. The summed E-state index contributed by atoms with van der Waals surface area (Å²) in [5.41, 5.74) is 10.8. The Morgan fingerprint density at radius 3 is 2.76 bits per heavy atom. The molecule has 1 saturated heterocycles. The van der Waals surface area contributed by atoms with Gasteiger partial charge < -0.3 is 20.9 Å². The van der Waals surface area contributed by atoms with E-state index < -0.39 is 0 Å². The highest BCUT2D eigenvalue weighted by molar-refractivity contribution is 6.20. The second-order valence-corrected chi connectivity index (χ2v) is 11.0. The molecule has 9 nitrogen and oxygen atoms in total. The van der Waals surface area contributed by atoms with Crippen molar-refractivity contribution in [1.29, 1.82) is 0 Å². The monoisotopic (exact) mass is 553 g/mol. The maximum atomic E-state index is 14.2. The van der Waals surface area contributed by atoms with Gasteiger partial charge in [-0.25, -0.2) is 4.98 Å². The Morgan fingerprint density at radius 2 is 2.00 bits per heavy atom. The lowest BCUT2D eigenvalue weighted by Gasteiger charge is -2.34. The van der Waals surface area contributed by atoms with Crippen molar-refractivity contribution in [3.63, 3.8) is 0 Å². The summed E-state index contributed by atoms with van der Waals surface area (Å²) in [4.78, 5) is 41.0. The lowest BCUT2D eigenvalue weighted by Crippen LogP contribution is -2.42. The third-order valence-electron chi connectivity index (χ3n) is 7.89. The predicted molar refractivity (Wildman–Crippen MR) is 164 cm³/mol. The van der Waals surface area contributed by atoms with E-state index in [4.69, 9.17) is 10.7 Å². The van der Waals surface area contributed by atoms with Crippen LogP contribution in [0.25, 0.3) is 5.57 Å². The summed E-state index contributed by atoms with van der Waals surface area (Å²) in [6.07, 6.45) is 14.5. The number of rotatable bonds is 8. The summed E-state index contributed by atoms with van der Waals surface area (Å²) in [7, 11) is 3.43. The quantitative estimate of drug-likeness (QED) is 0.484. The van der Waals surface area contributed by atoms with E-state index in [9.17, 15) is 9.59 Å². The number of anilines is 1. The molecule has 214 valence electrons. The number of nitrogens with one attached hydrogen (secondary N) is 1. The number of piperidine rings is 1. The van der Waals surface area contributed by atoms with Gasteiger partial charge >= 0.3 is 0 Å². The Hall–Kier alpha value is -4.24. The number of likely N-dealkylation sites (tertiary alicyclic amines) is 1. The van der Waals surface area contributed by atoms with Crippen LogP contribution in [-0.2, 0) is 17.9 Å². The van der Waals surface area contributed by atoms with Gasteiger partial charge in [0.05, 0.1) is 24.1 Å². The van der Waals surface area contributed by atoms with Gasteiger partial charge in [0.25, 0.3) is 11.5 Å². The smallest absolute Gasteiger partial charge is 0.277 e. The van der Waals surface area contributed by atoms with Crippen LogP contribution in [0, 0.1) is 5.92 Å². The average molecular weight is 554 g/mol. The maximum absolute atomic E-state index is 14.2. The highest BCUT2D eigenvalue weighted by Gasteiger charge is 2.29. The summed E-state index contributed by atoms with van der Waals surface area (Å²) in [6, 6.07) is 9.90. The normalized spacial score (nSPS) is 20.5. The van der Waals surface area contributed by atoms with Gasteiger partial charge in [-0.1, -0.05) is 54.6 Å². The SMILES string of the molecule is C/C(=C(/C(=O)N(C)C)c1ncn(CC2=C3C=CC=CC3CC=N2)c(=O)c1NCc1ccccc1)N1CCC[C@H](N)C1. The highest BCUT2D eigenvalue weighted by Crippen LogP contribution is 2.30. The van der Waals surface area contributed by atoms with Gasteiger partial charge in [-0.2, -0.15) is 0 Å².